The van der Waals surface area contributed by atoms with Gasteiger partial charge in [0.15, 0.2) is 0 Å². The zero-order valence-electron chi connectivity index (χ0n) is 9.26. The van der Waals surface area contributed by atoms with E-state index in [1.165, 1.54) is 12.1 Å². The third kappa shape index (κ3) is 4.77. The van der Waals surface area contributed by atoms with Crippen LogP contribution in [0.1, 0.15) is 5.56 Å². The molecule has 0 radical (unpaired) electrons. The second-order valence-electron chi connectivity index (χ2n) is 3.61. The van der Waals surface area contributed by atoms with E-state index in [2.05, 4.69) is 0 Å². The highest BCUT2D eigenvalue weighted by Crippen LogP contribution is 2.42. The maximum Gasteiger partial charge on any atom is 0.408 e. The normalized spacial score (nSPS) is 12.8. The van der Waals surface area contributed by atoms with Gasteiger partial charge < -0.3 is 0 Å². The lowest BCUT2D eigenvalue weighted by atomic mass is 10.1. The average molecular weight is 302 g/mol. The fourth-order valence-corrected chi connectivity index (χ4v) is 2.20. The minimum Gasteiger partial charge on any atom is -0.286 e. The zero-order valence-corrected chi connectivity index (χ0v) is 10.1. The van der Waals surface area contributed by atoms with Gasteiger partial charge in [-0.3, -0.25) is 4.79 Å². The number of rotatable bonds is 3. The summed E-state index contributed by atoms with van der Waals surface area (Å²) in [6, 6.07) is 7.81. The quantitative estimate of drug-likeness (QED) is 0.779. The lowest BCUT2D eigenvalue weighted by Crippen LogP contribution is -2.41. The highest BCUT2D eigenvalue weighted by atomic mass is 32.2. The van der Waals surface area contributed by atoms with Crippen LogP contribution in [0.5, 0.6) is 0 Å². The first-order valence-electron chi connectivity index (χ1n) is 4.96. The van der Waals surface area contributed by atoms with Crippen molar-refractivity contribution in [1.82, 2.24) is 0 Å². The van der Waals surface area contributed by atoms with Crippen LogP contribution in [0.2, 0.25) is 0 Å². The number of hydrogen-bond donors (Lipinski definition) is 0. The number of carbonyl (C=O) groups is 1. The maximum atomic E-state index is 12.2. The van der Waals surface area contributed by atoms with Gasteiger partial charge in [-0.2, -0.15) is 26.3 Å². The molecule has 0 aromatic heterocycles. The van der Waals surface area contributed by atoms with Crippen LogP contribution in [-0.2, 0) is 10.5 Å². The van der Waals surface area contributed by atoms with Crippen LogP contribution in [0, 0.1) is 5.92 Å². The van der Waals surface area contributed by atoms with Crippen molar-refractivity contribution in [1.29, 1.82) is 0 Å². The molecule has 0 aliphatic carbocycles. The molecule has 19 heavy (non-hydrogen) atoms. The topological polar surface area (TPSA) is 17.1 Å². The van der Waals surface area contributed by atoms with E-state index >= 15 is 0 Å². The predicted octanol–water partition coefficient (Wildman–Crippen LogP) is 4.19. The summed E-state index contributed by atoms with van der Waals surface area (Å²) in [5, 5.41) is -1.94. The Labute approximate surface area is 109 Å². The molecular weight excluding hydrogens is 294 g/mol. The second-order valence-corrected chi connectivity index (χ2v) is 4.59. The third-order valence-electron chi connectivity index (χ3n) is 2.11. The summed E-state index contributed by atoms with van der Waals surface area (Å²) in [7, 11) is 0. The first-order chi connectivity index (χ1) is 8.62. The van der Waals surface area contributed by atoms with Crippen molar-refractivity contribution in [2.45, 2.75) is 18.1 Å². The van der Waals surface area contributed by atoms with Crippen molar-refractivity contribution in [3.63, 3.8) is 0 Å². The van der Waals surface area contributed by atoms with Crippen molar-refractivity contribution >= 4 is 16.9 Å². The van der Waals surface area contributed by atoms with Crippen molar-refractivity contribution in [2.75, 3.05) is 0 Å². The minimum absolute atomic E-state index is 0.0125. The van der Waals surface area contributed by atoms with Crippen molar-refractivity contribution < 1.29 is 31.1 Å². The summed E-state index contributed by atoms with van der Waals surface area (Å²) < 4.78 is 73.4. The monoisotopic (exact) mass is 302 g/mol. The van der Waals surface area contributed by atoms with Crippen molar-refractivity contribution in [2.24, 2.45) is 5.92 Å². The van der Waals surface area contributed by atoms with Crippen molar-refractivity contribution in [3.05, 3.63) is 35.9 Å². The largest absolute Gasteiger partial charge is 0.408 e. The van der Waals surface area contributed by atoms with E-state index in [0.29, 0.717) is 5.56 Å². The molecule has 0 bridgehead atoms. The van der Waals surface area contributed by atoms with Gasteiger partial charge in [0.2, 0.25) is 11.0 Å². The lowest BCUT2D eigenvalue weighted by Gasteiger charge is -2.21. The fourth-order valence-electron chi connectivity index (χ4n) is 1.26. The van der Waals surface area contributed by atoms with E-state index < -0.39 is 23.4 Å². The van der Waals surface area contributed by atoms with Crippen molar-refractivity contribution in [3.8, 4) is 0 Å². The summed E-state index contributed by atoms with van der Waals surface area (Å²) >= 11 is 0.0125. The molecule has 0 atom stereocenters. The molecule has 0 fully saturated rings. The van der Waals surface area contributed by atoms with E-state index in [1.54, 1.807) is 18.2 Å². The average Bonchev–Trinajstić information content (AvgIpc) is 2.24. The Hall–Kier alpha value is -1.18. The van der Waals surface area contributed by atoms with Crippen LogP contribution in [0.4, 0.5) is 26.3 Å². The van der Waals surface area contributed by atoms with E-state index in [9.17, 15) is 31.1 Å². The van der Waals surface area contributed by atoms with Gasteiger partial charge in [-0.05, 0) is 5.56 Å². The van der Waals surface area contributed by atoms with Gasteiger partial charge in [0, 0.05) is 5.75 Å². The number of halogens is 6. The van der Waals surface area contributed by atoms with Crippen LogP contribution in [0.15, 0.2) is 30.3 Å². The molecule has 0 saturated carbocycles. The van der Waals surface area contributed by atoms with Crippen LogP contribution in [0.3, 0.4) is 0 Å². The Morgan fingerprint density at radius 1 is 1.00 bits per heavy atom. The fraction of sp³-hybridized carbons (Fsp3) is 0.364. The van der Waals surface area contributed by atoms with E-state index in [0.717, 1.165) is 0 Å². The number of alkyl halides is 6. The first-order valence-corrected chi connectivity index (χ1v) is 5.95. The van der Waals surface area contributed by atoms with Crippen LogP contribution in [-0.4, -0.2) is 17.5 Å². The molecule has 0 heterocycles. The molecule has 0 N–H and O–H groups in total. The van der Waals surface area contributed by atoms with E-state index in [1.807, 2.05) is 0 Å². The molecule has 0 amide bonds. The third-order valence-corrected chi connectivity index (χ3v) is 3.11. The molecule has 1 aromatic rings. The minimum atomic E-state index is -5.63. The van der Waals surface area contributed by atoms with E-state index in [4.69, 9.17) is 0 Å². The van der Waals surface area contributed by atoms with Gasteiger partial charge >= 0.3 is 12.4 Å². The Morgan fingerprint density at radius 2 is 1.47 bits per heavy atom. The van der Waals surface area contributed by atoms with Crippen LogP contribution >= 0.6 is 11.8 Å². The van der Waals surface area contributed by atoms with Gasteiger partial charge in [0.1, 0.15) is 0 Å². The standard InChI is InChI=1S/C11H8F6OS/c12-10(13,14)8(11(15,16)17)9(18)19-6-7-4-2-1-3-5-7/h1-5,8H,6H2. The van der Waals surface area contributed by atoms with Gasteiger partial charge in [-0.15, -0.1) is 0 Å². The summed E-state index contributed by atoms with van der Waals surface area (Å²) in [5.41, 5.74) is 0.476. The Balaban J connectivity index is 2.74. The smallest absolute Gasteiger partial charge is 0.286 e. The summed E-state index contributed by atoms with van der Waals surface area (Å²) in [6.07, 6.45) is -11.3. The molecule has 0 unspecified atom stereocenters. The second kappa shape index (κ2) is 5.85. The van der Waals surface area contributed by atoms with Gasteiger partial charge in [-0.1, -0.05) is 42.1 Å². The van der Waals surface area contributed by atoms with Gasteiger partial charge in [0.25, 0.3) is 0 Å². The zero-order chi connectivity index (χ0) is 14.7. The lowest BCUT2D eigenvalue weighted by molar-refractivity contribution is -0.270. The maximum absolute atomic E-state index is 12.2. The Bertz CT molecular complexity index is 411. The molecule has 1 nitrogen and oxygen atoms in total. The molecule has 0 spiro atoms. The molecule has 1 rings (SSSR count). The summed E-state index contributed by atoms with van der Waals surface area (Å²) in [6.45, 7) is 0. The first kappa shape index (κ1) is 15.9. The molecule has 106 valence electrons. The molecule has 0 aliphatic rings. The molecule has 8 heteroatoms. The Morgan fingerprint density at radius 3 is 1.89 bits per heavy atom. The molecular formula is C11H8F6OS. The van der Waals surface area contributed by atoms with E-state index in [-0.39, 0.29) is 17.5 Å². The summed E-state index contributed by atoms with van der Waals surface area (Å²) in [5.74, 6) is -4.17. The number of benzene rings is 1. The van der Waals surface area contributed by atoms with Crippen LogP contribution in [0.25, 0.3) is 0 Å². The Kier molecular flexibility index (Phi) is 4.89. The summed E-state index contributed by atoms with van der Waals surface area (Å²) in [4.78, 5) is 11.1. The number of carbonyl (C=O) groups excluding carboxylic acids is 1. The van der Waals surface area contributed by atoms with Crippen LogP contribution < -0.4 is 0 Å². The predicted molar refractivity (Wildman–Crippen MR) is 58.3 cm³/mol. The highest BCUT2D eigenvalue weighted by molar-refractivity contribution is 8.13. The number of thioether (sulfide) groups is 1. The van der Waals surface area contributed by atoms with Gasteiger partial charge in [-0.25, -0.2) is 0 Å². The highest BCUT2D eigenvalue weighted by Gasteiger charge is 2.60. The molecule has 0 aliphatic heterocycles. The van der Waals surface area contributed by atoms with Gasteiger partial charge in [0.05, 0.1) is 0 Å². The SMILES string of the molecule is O=C(SCc1ccccc1)C(C(F)(F)F)C(F)(F)F. The molecule has 1 aromatic carbocycles. The molecule has 0 saturated heterocycles. The number of hydrogen-bond acceptors (Lipinski definition) is 2.